The van der Waals surface area contributed by atoms with Crippen LogP contribution in [0.4, 0.5) is 5.69 Å². The van der Waals surface area contributed by atoms with Crippen LogP contribution in [-0.4, -0.2) is 22.6 Å². The fraction of sp³-hybridized carbons (Fsp3) is 0.208. The van der Waals surface area contributed by atoms with E-state index in [0.29, 0.717) is 10.2 Å². The number of nitrogens with one attached hydrogen (secondary N) is 1. The molecule has 0 saturated heterocycles. The Hall–Kier alpha value is -3.45. The number of methoxy groups -OCH3 is 1. The Labute approximate surface area is 184 Å². The molecule has 0 saturated carbocycles. The fourth-order valence-corrected chi connectivity index (χ4v) is 4.54. The SMILES string of the molecule is CCc1cccc(C)c1NC(=O)Cn1cnc2c(-c3ccc(OC)cc3)csc2c1=O. The van der Waals surface area contributed by atoms with Gasteiger partial charge in [-0.05, 0) is 42.2 Å². The van der Waals surface area contributed by atoms with Gasteiger partial charge in [0.1, 0.15) is 17.0 Å². The Balaban J connectivity index is 1.60. The Morgan fingerprint density at radius 2 is 1.97 bits per heavy atom. The highest BCUT2D eigenvalue weighted by Crippen LogP contribution is 2.31. The molecule has 4 aromatic rings. The molecule has 0 aliphatic heterocycles. The summed E-state index contributed by atoms with van der Waals surface area (Å²) in [6.45, 7) is 3.92. The number of benzene rings is 2. The molecule has 2 aromatic heterocycles. The Morgan fingerprint density at radius 3 is 2.68 bits per heavy atom. The molecule has 158 valence electrons. The highest BCUT2D eigenvalue weighted by Gasteiger charge is 2.15. The number of carbonyl (C=O) groups is 1. The van der Waals surface area contributed by atoms with Crippen LogP contribution in [0.15, 0.2) is 59.0 Å². The zero-order valence-corrected chi connectivity index (χ0v) is 18.5. The van der Waals surface area contributed by atoms with Gasteiger partial charge in [-0.25, -0.2) is 4.98 Å². The lowest BCUT2D eigenvalue weighted by Crippen LogP contribution is -2.28. The number of rotatable bonds is 6. The summed E-state index contributed by atoms with van der Waals surface area (Å²) in [5, 5.41) is 4.88. The first kappa shape index (κ1) is 20.8. The molecule has 1 N–H and O–H groups in total. The van der Waals surface area contributed by atoms with Gasteiger partial charge >= 0.3 is 0 Å². The first-order chi connectivity index (χ1) is 15.0. The highest BCUT2D eigenvalue weighted by molar-refractivity contribution is 7.17. The predicted molar refractivity (Wildman–Crippen MR) is 125 cm³/mol. The lowest BCUT2D eigenvalue weighted by Gasteiger charge is -2.13. The highest BCUT2D eigenvalue weighted by atomic mass is 32.1. The molecule has 0 bridgehead atoms. The summed E-state index contributed by atoms with van der Waals surface area (Å²) in [6.07, 6.45) is 2.26. The van der Waals surface area contributed by atoms with Crippen LogP contribution >= 0.6 is 11.3 Å². The van der Waals surface area contributed by atoms with E-state index in [1.807, 2.05) is 61.7 Å². The predicted octanol–water partition coefficient (Wildman–Crippen LogP) is 4.64. The average molecular weight is 434 g/mol. The standard InChI is InChI=1S/C24H23N3O3S/c1-4-16-7-5-6-15(2)21(16)26-20(28)12-27-14-25-22-19(13-31-23(22)24(27)29)17-8-10-18(30-3)11-9-17/h5-11,13-14H,4,12H2,1-3H3,(H,26,28). The Kier molecular flexibility index (Phi) is 5.86. The van der Waals surface area contributed by atoms with Gasteiger partial charge in [0.05, 0.1) is 19.0 Å². The molecular weight excluding hydrogens is 410 g/mol. The smallest absolute Gasteiger partial charge is 0.271 e. The maximum absolute atomic E-state index is 13.0. The van der Waals surface area contributed by atoms with E-state index in [1.165, 1.54) is 22.2 Å². The van der Waals surface area contributed by atoms with E-state index in [-0.39, 0.29) is 18.0 Å². The largest absolute Gasteiger partial charge is 0.497 e. The van der Waals surface area contributed by atoms with Crippen LogP contribution in [0.25, 0.3) is 21.3 Å². The zero-order valence-electron chi connectivity index (χ0n) is 17.6. The number of nitrogens with zero attached hydrogens (tertiary/aromatic N) is 2. The Morgan fingerprint density at radius 1 is 1.19 bits per heavy atom. The summed E-state index contributed by atoms with van der Waals surface area (Å²) in [4.78, 5) is 30.1. The summed E-state index contributed by atoms with van der Waals surface area (Å²) >= 11 is 1.34. The van der Waals surface area contributed by atoms with Gasteiger partial charge in [0.2, 0.25) is 5.91 Å². The number of fused-ring (bicyclic) bond motifs is 1. The molecule has 1 amide bonds. The number of para-hydroxylation sites is 1. The molecule has 2 heterocycles. The first-order valence-electron chi connectivity index (χ1n) is 10.0. The van der Waals surface area contributed by atoms with Gasteiger partial charge in [0.15, 0.2) is 0 Å². The number of thiophene rings is 1. The molecule has 0 unspecified atom stereocenters. The van der Waals surface area contributed by atoms with Crippen LogP contribution in [0.1, 0.15) is 18.1 Å². The molecule has 0 aliphatic carbocycles. The van der Waals surface area contributed by atoms with Crippen LogP contribution in [-0.2, 0) is 17.8 Å². The quantitative estimate of drug-likeness (QED) is 0.481. The third-order valence-corrected chi connectivity index (χ3v) is 6.22. The summed E-state index contributed by atoms with van der Waals surface area (Å²) in [5.41, 5.74) is 5.15. The summed E-state index contributed by atoms with van der Waals surface area (Å²) < 4.78 is 7.10. The average Bonchev–Trinajstić information content (AvgIpc) is 3.22. The molecule has 0 radical (unpaired) electrons. The van der Waals surface area contributed by atoms with Crippen molar-refractivity contribution < 1.29 is 9.53 Å². The summed E-state index contributed by atoms with van der Waals surface area (Å²) in [6, 6.07) is 13.6. The molecule has 0 atom stereocenters. The number of hydrogen-bond donors (Lipinski definition) is 1. The third-order valence-electron chi connectivity index (χ3n) is 5.27. The number of hydrogen-bond acceptors (Lipinski definition) is 5. The minimum absolute atomic E-state index is 0.0883. The van der Waals surface area contributed by atoms with E-state index >= 15 is 0 Å². The molecule has 0 aliphatic rings. The minimum atomic E-state index is -0.251. The number of amides is 1. The molecule has 31 heavy (non-hydrogen) atoms. The molecule has 4 rings (SSSR count). The van der Waals surface area contributed by atoms with Gasteiger partial charge < -0.3 is 10.1 Å². The van der Waals surface area contributed by atoms with Crippen molar-refractivity contribution in [2.24, 2.45) is 0 Å². The van der Waals surface area contributed by atoms with Crippen molar-refractivity contribution in [1.82, 2.24) is 9.55 Å². The fourth-order valence-electron chi connectivity index (χ4n) is 3.57. The zero-order chi connectivity index (χ0) is 22.0. The van der Waals surface area contributed by atoms with Gasteiger partial charge in [-0.15, -0.1) is 11.3 Å². The molecule has 0 fully saturated rings. The van der Waals surface area contributed by atoms with Crippen LogP contribution in [0, 0.1) is 6.92 Å². The van der Waals surface area contributed by atoms with Crippen molar-refractivity contribution in [3.05, 3.63) is 75.7 Å². The van der Waals surface area contributed by atoms with Crippen LogP contribution in [0.3, 0.4) is 0 Å². The van der Waals surface area contributed by atoms with Crippen LogP contribution in [0.2, 0.25) is 0 Å². The van der Waals surface area contributed by atoms with Crippen LogP contribution < -0.4 is 15.6 Å². The van der Waals surface area contributed by atoms with Gasteiger partial charge in [-0.1, -0.05) is 37.3 Å². The van der Waals surface area contributed by atoms with Gasteiger partial charge in [-0.3, -0.25) is 14.2 Å². The maximum atomic E-state index is 13.0. The second-order valence-electron chi connectivity index (χ2n) is 7.24. The van der Waals surface area contributed by atoms with Gasteiger partial charge in [0, 0.05) is 16.6 Å². The normalized spacial score (nSPS) is 10.9. The van der Waals surface area contributed by atoms with Crippen molar-refractivity contribution in [2.75, 3.05) is 12.4 Å². The van der Waals surface area contributed by atoms with E-state index < -0.39 is 0 Å². The number of anilines is 1. The van der Waals surface area contributed by atoms with E-state index in [4.69, 9.17) is 4.74 Å². The summed E-state index contributed by atoms with van der Waals surface area (Å²) in [7, 11) is 1.62. The Bertz CT molecular complexity index is 1310. The summed E-state index contributed by atoms with van der Waals surface area (Å²) in [5.74, 6) is 0.517. The van der Waals surface area contributed by atoms with Gasteiger partial charge in [-0.2, -0.15) is 0 Å². The van der Waals surface area contributed by atoms with Crippen molar-refractivity contribution in [3.8, 4) is 16.9 Å². The minimum Gasteiger partial charge on any atom is -0.497 e. The number of aromatic nitrogens is 2. The lowest BCUT2D eigenvalue weighted by atomic mass is 10.1. The van der Waals surface area contributed by atoms with Crippen LogP contribution in [0.5, 0.6) is 5.75 Å². The van der Waals surface area contributed by atoms with Crippen molar-refractivity contribution >= 4 is 33.1 Å². The topological polar surface area (TPSA) is 73.2 Å². The number of aryl methyl sites for hydroxylation is 2. The molecular formula is C24H23N3O3S. The lowest BCUT2D eigenvalue weighted by molar-refractivity contribution is -0.116. The monoisotopic (exact) mass is 433 g/mol. The van der Waals surface area contributed by atoms with E-state index in [1.54, 1.807) is 7.11 Å². The van der Waals surface area contributed by atoms with Crippen molar-refractivity contribution in [3.63, 3.8) is 0 Å². The van der Waals surface area contributed by atoms with Crippen molar-refractivity contribution in [1.29, 1.82) is 0 Å². The van der Waals surface area contributed by atoms with E-state index in [0.717, 1.165) is 40.1 Å². The molecule has 6 nitrogen and oxygen atoms in total. The first-order valence-corrected chi connectivity index (χ1v) is 10.9. The molecule has 7 heteroatoms. The second-order valence-corrected chi connectivity index (χ2v) is 8.12. The molecule has 0 spiro atoms. The third kappa shape index (κ3) is 4.09. The van der Waals surface area contributed by atoms with Crippen molar-refractivity contribution in [2.45, 2.75) is 26.8 Å². The van der Waals surface area contributed by atoms with E-state index in [2.05, 4.69) is 10.3 Å². The van der Waals surface area contributed by atoms with E-state index in [9.17, 15) is 9.59 Å². The number of ether oxygens (including phenoxy) is 1. The molecule has 2 aromatic carbocycles. The second kappa shape index (κ2) is 8.73. The maximum Gasteiger partial charge on any atom is 0.271 e. The number of carbonyl (C=O) groups excluding carboxylic acids is 1. The van der Waals surface area contributed by atoms with Gasteiger partial charge in [0.25, 0.3) is 5.56 Å².